The smallest absolute Gasteiger partial charge is 0.337 e. The highest BCUT2D eigenvalue weighted by Gasteiger charge is 2.07. The predicted octanol–water partition coefficient (Wildman–Crippen LogP) is 5.02. The highest BCUT2D eigenvalue weighted by Crippen LogP contribution is 2.24. The standard InChI is InChI=1S/C20H19ClN4O2/c1-12-4-7-16(10-17(12)21)25-19-11-18(22-13(2)23-19)24-15-8-5-14(6-9-15)20(26)27-3/h4-11H,1-3H3,(H2,22,23,24,25). The van der Waals surface area contributed by atoms with Crippen LogP contribution in [0.15, 0.2) is 48.5 Å². The summed E-state index contributed by atoms with van der Waals surface area (Å²) in [6.07, 6.45) is 0. The van der Waals surface area contributed by atoms with Crippen LogP contribution in [0.5, 0.6) is 0 Å². The number of benzene rings is 2. The average Bonchev–Trinajstić information content (AvgIpc) is 2.64. The Hall–Kier alpha value is -3.12. The van der Waals surface area contributed by atoms with Crippen LogP contribution in [-0.2, 0) is 4.74 Å². The Morgan fingerprint density at radius 3 is 2.11 bits per heavy atom. The Labute approximate surface area is 162 Å². The SMILES string of the molecule is COC(=O)c1ccc(Nc2cc(Nc3ccc(C)c(Cl)c3)nc(C)n2)cc1. The molecule has 0 bridgehead atoms. The lowest BCUT2D eigenvalue weighted by molar-refractivity contribution is 0.0601. The summed E-state index contributed by atoms with van der Waals surface area (Å²) in [7, 11) is 1.36. The van der Waals surface area contributed by atoms with Gasteiger partial charge in [0.2, 0.25) is 0 Å². The second-order valence-electron chi connectivity index (χ2n) is 5.97. The zero-order valence-corrected chi connectivity index (χ0v) is 16.0. The van der Waals surface area contributed by atoms with Gasteiger partial charge in [-0.05, 0) is 55.8 Å². The van der Waals surface area contributed by atoms with Crippen molar-refractivity contribution in [3.63, 3.8) is 0 Å². The largest absolute Gasteiger partial charge is 0.465 e. The Balaban J connectivity index is 1.78. The van der Waals surface area contributed by atoms with Crippen LogP contribution < -0.4 is 10.6 Å². The number of carbonyl (C=O) groups excluding carboxylic acids is 1. The van der Waals surface area contributed by atoms with E-state index in [4.69, 9.17) is 16.3 Å². The monoisotopic (exact) mass is 382 g/mol. The van der Waals surface area contributed by atoms with Crippen molar-refractivity contribution in [3.05, 3.63) is 70.5 Å². The summed E-state index contributed by atoms with van der Waals surface area (Å²) in [6.45, 7) is 3.77. The molecule has 0 saturated carbocycles. The summed E-state index contributed by atoms with van der Waals surface area (Å²) in [4.78, 5) is 20.3. The van der Waals surface area contributed by atoms with E-state index < -0.39 is 0 Å². The lowest BCUT2D eigenvalue weighted by Crippen LogP contribution is -2.03. The number of aryl methyl sites for hydroxylation is 2. The molecule has 6 nitrogen and oxygen atoms in total. The van der Waals surface area contributed by atoms with Gasteiger partial charge in [0, 0.05) is 22.5 Å². The van der Waals surface area contributed by atoms with E-state index in [0.717, 1.165) is 16.9 Å². The first-order chi connectivity index (χ1) is 12.9. The molecule has 2 N–H and O–H groups in total. The number of hydrogen-bond acceptors (Lipinski definition) is 6. The summed E-state index contributed by atoms with van der Waals surface area (Å²) < 4.78 is 4.70. The number of carbonyl (C=O) groups is 1. The van der Waals surface area contributed by atoms with Crippen LogP contribution in [0.2, 0.25) is 5.02 Å². The second kappa shape index (κ2) is 8.05. The number of methoxy groups -OCH3 is 1. The molecule has 0 aliphatic heterocycles. The third-order valence-electron chi connectivity index (χ3n) is 3.86. The summed E-state index contributed by atoms with van der Waals surface area (Å²) >= 11 is 6.18. The Bertz CT molecular complexity index is 974. The zero-order valence-electron chi connectivity index (χ0n) is 15.2. The van der Waals surface area contributed by atoms with Crippen LogP contribution in [0, 0.1) is 13.8 Å². The number of rotatable bonds is 5. The zero-order chi connectivity index (χ0) is 19.4. The van der Waals surface area contributed by atoms with E-state index in [1.807, 2.05) is 32.0 Å². The van der Waals surface area contributed by atoms with Gasteiger partial charge in [-0.15, -0.1) is 0 Å². The highest BCUT2D eigenvalue weighted by molar-refractivity contribution is 6.31. The summed E-state index contributed by atoms with van der Waals surface area (Å²) in [5, 5.41) is 7.13. The van der Waals surface area contributed by atoms with Crippen LogP contribution in [0.3, 0.4) is 0 Å². The van der Waals surface area contributed by atoms with E-state index in [-0.39, 0.29) is 5.97 Å². The maximum Gasteiger partial charge on any atom is 0.337 e. The summed E-state index contributed by atoms with van der Waals surface area (Å²) in [6, 6.07) is 14.5. The maximum absolute atomic E-state index is 11.5. The van der Waals surface area contributed by atoms with Crippen molar-refractivity contribution in [2.24, 2.45) is 0 Å². The lowest BCUT2D eigenvalue weighted by atomic mass is 10.2. The van der Waals surface area contributed by atoms with Gasteiger partial charge in [0.25, 0.3) is 0 Å². The molecule has 138 valence electrons. The number of aromatic nitrogens is 2. The molecule has 0 unspecified atom stereocenters. The average molecular weight is 383 g/mol. The molecule has 2 aromatic carbocycles. The highest BCUT2D eigenvalue weighted by atomic mass is 35.5. The van der Waals surface area contributed by atoms with E-state index in [1.165, 1.54) is 7.11 Å². The molecule has 0 atom stereocenters. The van der Waals surface area contributed by atoms with E-state index in [2.05, 4.69) is 20.6 Å². The van der Waals surface area contributed by atoms with Crippen molar-refractivity contribution in [2.75, 3.05) is 17.7 Å². The van der Waals surface area contributed by atoms with Crippen LogP contribution in [0.4, 0.5) is 23.0 Å². The van der Waals surface area contributed by atoms with Gasteiger partial charge in [-0.1, -0.05) is 17.7 Å². The number of halogens is 1. The topological polar surface area (TPSA) is 76.1 Å². The number of anilines is 4. The molecule has 3 rings (SSSR count). The van der Waals surface area contributed by atoms with Crippen molar-refractivity contribution in [1.29, 1.82) is 0 Å². The molecule has 0 radical (unpaired) electrons. The molecule has 0 aliphatic rings. The number of hydrogen-bond donors (Lipinski definition) is 2. The Kier molecular flexibility index (Phi) is 5.57. The minimum Gasteiger partial charge on any atom is -0.465 e. The van der Waals surface area contributed by atoms with Gasteiger partial charge in [0.15, 0.2) is 0 Å². The van der Waals surface area contributed by atoms with Gasteiger partial charge in [-0.2, -0.15) is 0 Å². The lowest BCUT2D eigenvalue weighted by Gasteiger charge is -2.11. The van der Waals surface area contributed by atoms with Crippen LogP contribution in [0.25, 0.3) is 0 Å². The fourth-order valence-electron chi connectivity index (χ4n) is 2.47. The minimum atomic E-state index is -0.373. The molecular formula is C20H19ClN4O2. The first kappa shape index (κ1) is 18.7. The van der Waals surface area contributed by atoms with Gasteiger partial charge in [0.05, 0.1) is 12.7 Å². The molecule has 0 fully saturated rings. The first-order valence-electron chi connectivity index (χ1n) is 8.29. The fraction of sp³-hybridized carbons (Fsp3) is 0.150. The van der Waals surface area contributed by atoms with E-state index >= 15 is 0 Å². The van der Waals surface area contributed by atoms with Gasteiger partial charge < -0.3 is 15.4 Å². The van der Waals surface area contributed by atoms with Crippen LogP contribution >= 0.6 is 11.6 Å². The molecule has 0 saturated heterocycles. The molecule has 0 amide bonds. The van der Waals surface area contributed by atoms with Crippen LogP contribution in [0.1, 0.15) is 21.7 Å². The number of ether oxygens (including phenoxy) is 1. The molecular weight excluding hydrogens is 364 g/mol. The van der Waals surface area contributed by atoms with Crippen molar-refractivity contribution >= 4 is 40.6 Å². The van der Waals surface area contributed by atoms with Crippen molar-refractivity contribution in [3.8, 4) is 0 Å². The summed E-state index contributed by atoms with van der Waals surface area (Å²) in [5.41, 5.74) is 3.14. The van der Waals surface area contributed by atoms with Gasteiger partial charge in [0.1, 0.15) is 17.5 Å². The normalized spacial score (nSPS) is 10.4. The molecule has 3 aromatic rings. The molecule has 1 heterocycles. The van der Waals surface area contributed by atoms with E-state index in [9.17, 15) is 4.79 Å². The molecule has 0 aliphatic carbocycles. The van der Waals surface area contributed by atoms with Crippen molar-refractivity contribution in [2.45, 2.75) is 13.8 Å². The van der Waals surface area contributed by atoms with Gasteiger partial charge >= 0.3 is 5.97 Å². The van der Waals surface area contributed by atoms with E-state index in [1.54, 1.807) is 30.3 Å². The van der Waals surface area contributed by atoms with Gasteiger partial charge in [-0.25, -0.2) is 14.8 Å². The third-order valence-corrected chi connectivity index (χ3v) is 4.27. The third kappa shape index (κ3) is 4.74. The van der Waals surface area contributed by atoms with Crippen LogP contribution in [-0.4, -0.2) is 23.0 Å². The molecule has 7 heteroatoms. The number of nitrogens with one attached hydrogen (secondary N) is 2. The Morgan fingerprint density at radius 1 is 0.926 bits per heavy atom. The molecule has 27 heavy (non-hydrogen) atoms. The first-order valence-corrected chi connectivity index (χ1v) is 8.66. The number of nitrogens with zero attached hydrogens (tertiary/aromatic N) is 2. The fourth-order valence-corrected chi connectivity index (χ4v) is 2.65. The molecule has 0 spiro atoms. The number of esters is 1. The molecule has 1 aromatic heterocycles. The quantitative estimate of drug-likeness (QED) is 0.603. The predicted molar refractivity (Wildman–Crippen MR) is 107 cm³/mol. The van der Waals surface area contributed by atoms with Gasteiger partial charge in [-0.3, -0.25) is 0 Å². The Morgan fingerprint density at radius 2 is 1.52 bits per heavy atom. The summed E-state index contributed by atoms with van der Waals surface area (Å²) in [5.74, 6) is 1.53. The van der Waals surface area contributed by atoms with Crippen molar-refractivity contribution in [1.82, 2.24) is 9.97 Å². The second-order valence-corrected chi connectivity index (χ2v) is 6.38. The minimum absolute atomic E-state index is 0.373. The maximum atomic E-state index is 11.5. The van der Waals surface area contributed by atoms with Crippen molar-refractivity contribution < 1.29 is 9.53 Å². The van der Waals surface area contributed by atoms with E-state index in [0.29, 0.717) is 28.0 Å².